The monoisotopic (exact) mass is 259 g/mol. The predicted molar refractivity (Wildman–Crippen MR) is 64.8 cm³/mol. The van der Waals surface area contributed by atoms with Crippen LogP contribution < -0.4 is 10.5 Å². The van der Waals surface area contributed by atoms with Crippen LogP contribution in [-0.4, -0.2) is 25.2 Å². The molecule has 0 saturated carbocycles. The zero-order chi connectivity index (χ0) is 12.8. The van der Waals surface area contributed by atoms with E-state index in [9.17, 15) is 9.18 Å². The lowest BCUT2D eigenvalue weighted by Gasteiger charge is -2.11. The first-order valence-electron chi connectivity index (χ1n) is 4.99. The van der Waals surface area contributed by atoms with Crippen LogP contribution in [0.25, 0.3) is 0 Å². The van der Waals surface area contributed by atoms with Crippen molar-refractivity contribution in [2.24, 2.45) is 0 Å². The summed E-state index contributed by atoms with van der Waals surface area (Å²) in [4.78, 5) is 11.6. The molecule has 6 heteroatoms. The van der Waals surface area contributed by atoms with Gasteiger partial charge >= 0.3 is 5.97 Å². The summed E-state index contributed by atoms with van der Waals surface area (Å²) in [5.74, 6) is -0.460. The number of rotatable bonds is 5. The highest BCUT2D eigenvalue weighted by atomic mass is 32.2. The lowest BCUT2D eigenvalue weighted by Crippen LogP contribution is -2.15. The van der Waals surface area contributed by atoms with Gasteiger partial charge < -0.3 is 15.2 Å². The van der Waals surface area contributed by atoms with Crippen LogP contribution >= 0.6 is 11.8 Å². The standard InChI is InChI=1S/C11H14FNO3S/c1-3-16-11(14)10(12)17-9-5-4-7(13)6-8(9)15-2/h4-6,10H,3,13H2,1-2H3. The Hall–Kier alpha value is -1.43. The Bertz CT molecular complexity index is 400. The fraction of sp³-hybridized carbons (Fsp3) is 0.364. The number of alkyl halides is 1. The molecule has 0 heterocycles. The predicted octanol–water partition coefficient (Wildman–Crippen LogP) is 2.23. The van der Waals surface area contributed by atoms with Gasteiger partial charge in [0.2, 0.25) is 5.50 Å². The van der Waals surface area contributed by atoms with Crippen molar-refractivity contribution in [3.63, 3.8) is 0 Å². The van der Waals surface area contributed by atoms with E-state index in [2.05, 4.69) is 4.74 Å². The van der Waals surface area contributed by atoms with Crippen LogP contribution in [0.3, 0.4) is 0 Å². The van der Waals surface area contributed by atoms with E-state index in [4.69, 9.17) is 10.5 Å². The molecule has 17 heavy (non-hydrogen) atoms. The number of halogens is 1. The lowest BCUT2D eigenvalue weighted by molar-refractivity contribution is -0.145. The maximum Gasteiger partial charge on any atom is 0.351 e. The summed E-state index contributed by atoms with van der Waals surface area (Å²) in [7, 11) is 1.45. The van der Waals surface area contributed by atoms with Gasteiger partial charge in [0.25, 0.3) is 0 Å². The van der Waals surface area contributed by atoms with Gasteiger partial charge in [-0.05, 0) is 19.1 Å². The second-order valence-corrected chi connectivity index (χ2v) is 4.19. The highest BCUT2D eigenvalue weighted by molar-refractivity contribution is 8.00. The van der Waals surface area contributed by atoms with Crippen molar-refractivity contribution in [1.29, 1.82) is 0 Å². The van der Waals surface area contributed by atoms with E-state index in [1.165, 1.54) is 7.11 Å². The summed E-state index contributed by atoms with van der Waals surface area (Å²) < 4.78 is 23.1. The molecule has 1 atom stereocenters. The Morgan fingerprint density at radius 2 is 2.29 bits per heavy atom. The van der Waals surface area contributed by atoms with E-state index in [-0.39, 0.29) is 6.61 Å². The van der Waals surface area contributed by atoms with Gasteiger partial charge in [0.1, 0.15) is 5.75 Å². The van der Waals surface area contributed by atoms with Crippen molar-refractivity contribution >= 4 is 23.4 Å². The molecular formula is C11H14FNO3S. The highest BCUT2D eigenvalue weighted by Gasteiger charge is 2.21. The summed E-state index contributed by atoms with van der Waals surface area (Å²) in [5, 5.41) is 0. The quantitative estimate of drug-likeness (QED) is 0.499. The summed E-state index contributed by atoms with van der Waals surface area (Å²) >= 11 is 0.730. The Labute approximate surface area is 103 Å². The number of esters is 1. The number of carbonyl (C=O) groups is 1. The first kappa shape index (κ1) is 13.6. The van der Waals surface area contributed by atoms with Gasteiger partial charge in [0, 0.05) is 11.8 Å². The second kappa shape index (κ2) is 6.34. The van der Waals surface area contributed by atoms with Crippen molar-refractivity contribution in [2.75, 3.05) is 19.5 Å². The summed E-state index contributed by atoms with van der Waals surface area (Å²) in [6.45, 7) is 1.78. The van der Waals surface area contributed by atoms with Crippen LogP contribution in [0.1, 0.15) is 6.92 Å². The van der Waals surface area contributed by atoms with Gasteiger partial charge in [-0.3, -0.25) is 0 Å². The van der Waals surface area contributed by atoms with Crippen molar-refractivity contribution < 1.29 is 18.7 Å². The SMILES string of the molecule is CCOC(=O)C(F)Sc1ccc(N)cc1OC. The number of ether oxygens (including phenoxy) is 2. The van der Waals surface area contributed by atoms with Crippen molar-refractivity contribution in [3.05, 3.63) is 18.2 Å². The van der Waals surface area contributed by atoms with Crippen molar-refractivity contribution in [2.45, 2.75) is 17.3 Å². The molecule has 0 amide bonds. The van der Waals surface area contributed by atoms with Gasteiger partial charge in [0.05, 0.1) is 18.6 Å². The van der Waals surface area contributed by atoms with Gasteiger partial charge in [-0.2, -0.15) is 0 Å². The third-order valence-electron chi connectivity index (χ3n) is 1.89. The minimum Gasteiger partial charge on any atom is -0.496 e. The molecule has 0 spiro atoms. The first-order valence-corrected chi connectivity index (χ1v) is 5.87. The van der Waals surface area contributed by atoms with E-state index in [1.54, 1.807) is 25.1 Å². The molecular weight excluding hydrogens is 245 g/mol. The minimum absolute atomic E-state index is 0.151. The molecule has 0 aromatic heterocycles. The largest absolute Gasteiger partial charge is 0.496 e. The molecule has 2 N–H and O–H groups in total. The molecule has 1 aromatic carbocycles. The molecule has 0 aliphatic heterocycles. The molecule has 4 nitrogen and oxygen atoms in total. The average molecular weight is 259 g/mol. The smallest absolute Gasteiger partial charge is 0.351 e. The molecule has 0 aliphatic rings. The number of thioether (sulfide) groups is 1. The molecule has 0 aliphatic carbocycles. The third-order valence-corrected chi connectivity index (χ3v) is 2.88. The van der Waals surface area contributed by atoms with Crippen LogP contribution in [0.4, 0.5) is 10.1 Å². The van der Waals surface area contributed by atoms with Crippen molar-refractivity contribution in [1.82, 2.24) is 0 Å². The fourth-order valence-corrected chi connectivity index (χ4v) is 1.94. The molecule has 1 unspecified atom stereocenters. The summed E-state index contributed by atoms with van der Waals surface area (Å²) in [5.41, 5.74) is 4.31. The maximum absolute atomic E-state index is 13.5. The molecule has 94 valence electrons. The number of benzene rings is 1. The van der Waals surface area contributed by atoms with E-state index in [0.29, 0.717) is 16.3 Å². The Kier molecular flexibility index (Phi) is 5.09. The number of methoxy groups -OCH3 is 1. The number of hydrogen-bond acceptors (Lipinski definition) is 5. The van der Waals surface area contributed by atoms with Crippen LogP contribution in [0, 0.1) is 0 Å². The van der Waals surface area contributed by atoms with E-state index >= 15 is 0 Å². The van der Waals surface area contributed by atoms with Crippen LogP contribution in [0.2, 0.25) is 0 Å². The number of nitrogens with two attached hydrogens (primary N) is 1. The van der Waals surface area contributed by atoms with Crippen LogP contribution in [-0.2, 0) is 9.53 Å². The number of nitrogen functional groups attached to an aromatic ring is 1. The molecule has 1 rings (SSSR count). The zero-order valence-corrected chi connectivity index (χ0v) is 10.4. The molecule has 0 radical (unpaired) electrons. The lowest BCUT2D eigenvalue weighted by atomic mass is 10.3. The van der Waals surface area contributed by atoms with E-state index in [0.717, 1.165) is 11.8 Å². The number of carbonyl (C=O) groups excluding carboxylic acids is 1. The molecule has 0 fully saturated rings. The summed E-state index contributed by atoms with van der Waals surface area (Å²) in [6, 6.07) is 4.79. The van der Waals surface area contributed by atoms with Gasteiger partial charge in [-0.15, -0.1) is 0 Å². The normalized spacial score (nSPS) is 11.9. The zero-order valence-electron chi connectivity index (χ0n) is 9.60. The summed E-state index contributed by atoms with van der Waals surface area (Å²) in [6.07, 6.45) is 0. The van der Waals surface area contributed by atoms with E-state index < -0.39 is 11.5 Å². The maximum atomic E-state index is 13.5. The molecule has 1 aromatic rings. The first-order chi connectivity index (χ1) is 8.08. The Morgan fingerprint density at radius 1 is 1.59 bits per heavy atom. The van der Waals surface area contributed by atoms with Gasteiger partial charge in [-0.25, -0.2) is 9.18 Å². The Balaban J connectivity index is 2.77. The second-order valence-electron chi connectivity index (χ2n) is 3.10. The van der Waals surface area contributed by atoms with Crippen LogP contribution in [0.15, 0.2) is 23.1 Å². The number of anilines is 1. The highest BCUT2D eigenvalue weighted by Crippen LogP contribution is 2.34. The van der Waals surface area contributed by atoms with Crippen molar-refractivity contribution in [3.8, 4) is 5.75 Å². The number of hydrogen-bond donors (Lipinski definition) is 1. The molecule has 0 bridgehead atoms. The van der Waals surface area contributed by atoms with E-state index in [1.807, 2.05) is 0 Å². The third kappa shape index (κ3) is 3.81. The minimum atomic E-state index is -1.77. The van der Waals surface area contributed by atoms with Gasteiger partial charge in [-0.1, -0.05) is 11.8 Å². The fourth-order valence-electron chi connectivity index (χ4n) is 1.15. The molecule has 0 saturated heterocycles. The van der Waals surface area contributed by atoms with Gasteiger partial charge in [0.15, 0.2) is 0 Å². The van der Waals surface area contributed by atoms with Crippen LogP contribution in [0.5, 0.6) is 5.75 Å². The average Bonchev–Trinajstić information content (AvgIpc) is 2.31. The Morgan fingerprint density at radius 3 is 2.88 bits per heavy atom. The topological polar surface area (TPSA) is 61.5 Å².